The summed E-state index contributed by atoms with van der Waals surface area (Å²) in [7, 11) is 0. The van der Waals surface area contributed by atoms with Crippen LogP contribution in [0.3, 0.4) is 0 Å². The molecule has 0 radical (unpaired) electrons. The maximum absolute atomic E-state index is 5.55. The van der Waals surface area contributed by atoms with Gasteiger partial charge >= 0.3 is 0 Å². The van der Waals surface area contributed by atoms with Crippen molar-refractivity contribution in [1.82, 2.24) is 0 Å². The van der Waals surface area contributed by atoms with Crippen molar-refractivity contribution >= 4 is 31.9 Å². The monoisotopic (exact) mass is 404 g/mol. The lowest BCUT2D eigenvalue weighted by atomic mass is 10.0. The molecule has 1 nitrogen and oxygen atoms in total. The van der Waals surface area contributed by atoms with Crippen LogP contribution in [0.25, 0.3) is 0 Å². The number of halogens is 2. The molecule has 1 rings (SSSR count). The molecule has 0 amide bonds. The van der Waals surface area contributed by atoms with E-state index in [-0.39, 0.29) is 0 Å². The molecule has 0 aliphatic carbocycles. The number of hydrogen-bond acceptors (Lipinski definition) is 1. The summed E-state index contributed by atoms with van der Waals surface area (Å²) < 4.78 is 6.59. The van der Waals surface area contributed by atoms with Crippen molar-refractivity contribution in [2.45, 2.75) is 63.6 Å². The second kappa shape index (κ2) is 10.7. The average Bonchev–Trinajstić information content (AvgIpc) is 2.45. The van der Waals surface area contributed by atoms with Crippen LogP contribution in [-0.4, -0.2) is 6.61 Å². The minimum Gasteiger partial charge on any atom is -0.493 e. The van der Waals surface area contributed by atoms with Gasteiger partial charge in [0.25, 0.3) is 0 Å². The predicted molar refractivity (Wildman–Crippen MR) is 95.0 cm³/mol. The SMILES string of the molecule is CCCCCCCCC(Br)c1ccc(OCC)c(Br)c1. The van der Waals surface area contributed by atoms with E-state index < -0.39 is 0 Å². The van der Waals surface area contributed by atoms with Crippen molar-refractivity contribution in [2.24, 2.45) is 0 Å². The van der Waals surface area contributed by atoms with Gasteiger partial charge in [0.15, 0.2) is 0 Å². The lowest BCUT2D eigenvalue weighted by Gasteiger charge is -2.13. The van der Waals surface area contributed by atoms with E-state index in [0.29, 0.717) is 11.4 Å². The molecule has 0 heterocycles. The number of ether oxygens (including phenoxy) is 1. The lowest BCUT2D eigenvalue weighted by molar-refractivity contribution is 0.338. The van der Waals surface area contributed by atoms with E-state index in [4.69, 9.17) is 4.74 Å². The molecule has 1 aromatic rings. The van der Waals surface area contributed by atoms with Gasteiger partial charge in [-0.25, -0.2) is 0 Å². The highest BCUT2D eigenvalue weighted by atomic mass is 79.9. The Balaban J connectivity index is 2.35. The summed E-state index contributed by atoms with van der Waals surface area (Å²) in [4.78, 5) is 0.445. The molecule has 0 bridgehead atoms. The normalized spacial score (nSPS) is 12.4. The van der Waals surface area contributed by atoms with Gasteiger partial charge in [-0.2, -0.15) is 0 Å². The Morgan fingerprint density at radius 2 is 1.75 bits per heavy atom. The summed E-state index contributed by atoms with van der Waals surface area (Å²) in [6.07, 6.45) is 9.31. The lowest BCUT2D eigenvalue weighted by Crippen LogP contribution is -1.95. The first-order chi connectivity index (χ1) is 9.69. The van der Waals surface area contributed by atoms with E-state index in [9.17, 15) is 0 Å². The highest BCUT2D eigenvalue weighted by Crippen LogP contribution is 2.34. The Bertz CT molecular complexity index is 379. The summed E-state index contributed by atoms with van der Waals surface area (Å²) in [5, 5.41) is 0. The Labute approximate surface area is 140 Å². The quantitative estimate of drug-likeness (QED) is 0.299. The van der Waals surface area contributed by atoms with E-state index >= 15 is 0 Å². The number of rotatable bonds is 10. The van der Waals surface area contributed by atoms with E-state index in [1.54, 1.807) is 0 Å². The highest BCUT2D eigenvalue weighted by molar-refractivity contribution is 9.10. The average molecular weight is 406 g/mol. The molecule has 1 unspecified atom stereocenters. The molecule has 0 aromatic heterocycles. The zero-order valence-corrected chi connectivity index (χ0v) is 15.8. The molecule has 1 aromatic carbocycles. The minimum absolute atomic E-state index is 0.445. The summed E-state index contributed by atoms with van der Waals surface area (Å²) in [5.74, 6) is 0.926. The number of benzene rings is 1. The zero-order chi connectivity index (χ0) is 14.8. The van der Waals surface area contributed by atoms with Gasteiger partial charge in [0.05, 0.1) is 11.1 Å². The molecular weight excluding hydrogens is 380 g/mol. The fraction of sp³-hybridized carbons (Fsp3) is 0.647. The number of alkyl halides is 1. The minimum atomic E-state index is 0.445. The number of hydrogen-bond donors (Lipinski definition) is 0. The molecular formula is C17H26Br2O. The third-order valence-corrected chi connectivity index (χ3v) is 5.03. The van der Waals surface area contributed by atoms with Gasteiger partial charge in [0.1, 0.15) is 5.75 Å². The predicted octanol–water partition coefficient (Wildman–Crippen LogP) is 7.03. The van der Waals surface area contributed by atoms with E-state index in [2.05, 4.69) is 57.0 Å². The van der Waals surface area contributed by atoms with Crippen LogP contribution < -0.4 is 4.74 Å². The van der Waals surface area contributed by atoms with Crippen molar-refractivity contribution in [1.29, 1.82) is 0 Å². The van der Waals surface area contributed by atoms with Gasteiger partial charge in [0, 0.05) is 4.83 Å². The van der Waals surface area contributed by atoms with E-state index in [1.807, 2.05) is 6.92 Å². The molecule has 0 fully saturated rings. The summed E-state index contributed by atoms with van der Waals surface area (Å²) in [5.41, 5.74) is 1.33. The third-order valence-electron chi connectivity index (χ3n) is 3.43. The Morgan fingerprint density at radius 1 is 1.05 bits per heavy atom. The topological polar surface area (TPSA) is 9.23 Å². The van der Waals surface area contributed by atoms with Gasteiger partial charge in [0.2, 0.25) is 0 Å². The van der Waals surface area contributed by atoms with Crippen molar-refractivity contribution in [3.05, 3.63) is 28.2 Å². The highest BCUT2D eigenvalue weighted by Gasteiger charge is 2.10. The largest absolute Gasteiger partial charge is 0.493 e. The van der Waals surface area contributed by atoms with Crippen molar-refractivity contribution in [2.75, 3.05) is 6.61 Å². The second-order valence-corrected chi connectivity index (χ2v) is 7.11. The molecule has 114 valence electrons. The van der Waals surface area contributed by atoms with Crippen LogP contribution in [0.5, 0.6) is 5.75 Å². The van der Waals surface area contributed by atoms with Crippen LogP contribution in [0.1, 0.15) is 69.2 Å². The third kappa shape index (κ3) is 6.62. The molecule has 3 heteroatoms. The van der Waals surface area contributed by atoms with Crippen molar-refractivity contribution in [3.63, 3.8) is 0 Å². The first kappa shape index (κ1) is 18.0. The van der Waals surface area contributed by atoms with Crippen LogP contribution in [0, 0.1) is 0 Å². The van der Waals surface area contributed by atoms with Gasteiger partial charge in [-0.05, 0) is 47.0 Å². The Morgan fingerprint density at radius 3 is 2.40 bits per heavy atom. The summed E-state index contributed by atoms with van der Waals surface area (Å²) in [6, 6.07) is 6.38. The van der Waals surface area contributed by atoms with Gasteiger partial charge in [-0.3, -0.25) is 0 Å². The molecule has 1 atom stereocenters. The standard InChI is InChI=1S/C17H26Br2O/c1-3-5-6-7-8-9-10-15(18)14-11-12-17(20-4-2)16(19)13-14/h11-13,15H,3-10H2,1-2H3. The summed E-state index contributed by atoms with van der Waals surface area (Å²) in [6.45, 7) is 4.97. The maximum Gasteiger partial charge on any atom is 0.133 e. The molecule has 20 heavy (non-hydrogen) atoms. The van der Waals surface area contributed by atoms with Crippen molar-refractivity contribution in [3.8, 4) is 5.75 Å². The first-order valence-electron chi connectivity index (χ1n) is 7.75. The Hall–Kier alpha value is -0.0200. The summed E-state index contributed by atoms with van der Waals surface area (Å²) >= 11 is 7.39. The van der Waals surface area contributed by atoms with Gasteiger partial charge < -0.3 is 4.74 Å². The van der Waals surface area contributed by atoms with Gasteiger partial charge in [-0.15, -0.1) is 0 Å². The number of unbranched alkanes of at least 4 members (excludes halogenated alkanes) is 5. The smallest absolute Gasteiger partial charge is 0.133 e. The van der Waals surface area contributed by atoms with Crippen LogP contribution in [0.2, 0.25) is 0 Å². The second-order valence-electron chi connectivity index (χ2n) is 5.15. The van der Waals surface area contributed by atoms with Gasteiger partial charge in [-0.1, -0.05) is 67.4 Å². The Kier molecular flexibility index (Phi) is 9.62. The fourth-order valence-electron chi connectivity index (χ4n) is 2.26. The van der Waals surface area contributed by atoms with Crippen molar-refractivity contribution < 1.29 is 4.74 Å². The van der Waals surface area contributed by atoms with Crippen LogP contribution in [0.15, 0.2) is 22.7 Å². The zero-order valence-electron chi connectivity index (χ0n) is 12.6. The first-order valence-corrected chi connectivity index (χ1v) is 9.46. The molecule has 0 aliphatic heterocycles. The molecule has 0 aliphatic rings. The molecule has 0 spiro atoms. The molecule has 0 saturated heterocycles. The van der Waals surface area contributed by atoms with Crippen LogP contribution >= 0.6 is 31.9 Å². The van der Waals surface area contributed by atoms with E-state index in [0.717, 1.165) is 10.2 Å². The van der Waals surface area contributed by atoms with Crippen LogP contribution in [-0.2, 0) is 0 Å². The fourth-order valence-corrected chi connectivity index (χ4v) is 3.37. The maximum atomic E-state index is 5.55. The molecule has 0 saturated carbocycles. The van der Waals surface area contributed by atoms with Crippen LogP contribution in [0.4, 0.5) is 0 Å². The molecule has 0 N–H and O–H groups in total. The van der Waals surface area contributed by atoms with E-state index in [1.165, 1.54) is 50.5 Å².